The van der Waals surface area contributed by atoms with Gasteiger partial charge in [-0.2, -0.15) is 17.0 Å². The van der Waals surface area contributed by atoms with Crippen LogP contribution in [0.2, 0.25) is 0 Å². The Morgan fingerprint density at radius 1 is 1.08 bits per heavy atom. The average Bonchev–Trinajstić information content (AvgIpc) is 3.02. The molecule has 1 aromatic heterocycles. The Balaban J connectivity index is 1.52. The van der Waals surface area contributed by atoms with Gasteiger partial charge in [0, 0.05) is 37.1 Å². The maximum Gasteiger partial charge on any atom is 0.281 e. The Bertz CT molecular complexity index is 700. The summed E-state index contributed by atoms with van der Waals surface area (Å²) in [4.78, 5) is 14.1. The summed E-state index contributed by atoms with van der Waals surface area (Å²) in [7, 11) is -3.35. The summed E-state index contributed by atoms with van der Waals surface area (Å²) >= 11 is 1.48. The third kappa shape index (κ3) is 4.42. The summed E-state index contributed by atoms with van der Waals surface area (Å²) in [5, 5.41) is 3.04. The molecule has 0 unspecified atom stereocenters. The lowest BCUT2D eigenvalue weighted by Gasteiger charge is -2.37. The fraction of sp³-hybridized carbons (Fsp3) is 0.706. The topological polar surface area (TPSA) is 69.7 Å². The van der Waals surface area contributed by atoms with Crippen LogP contribution in [0.4, 0.5) is 0 Å². The first-order valence-corrected chi connectivity index (χ1v) is 11.2. The molecule has 8 heteroatoms. The number of carbonyl (C=O) groups is 1. The molecule has 2 fully saturated rings. The van der Waals surface area contributed by atoms with Gasteiger partial charge in [-0.05, 0) is 50.7 Å². The lowest BCUT2D eigenvalue weighted by atomic mass is 10.0. The molecule has 0 aliphatic carbocycles. The van der Waals surface area contributed by atoms with Gasteiger partial charge in [-0.15, -0.1) is 11.3 Å². The Morgan fingerprint density at radius 3 is 2.16 bits per heavy atom. The van der Waals surface area contributed by atoms with Crippen molar-refractivity contribution in [2.45, 2.75) is 45.6 Å². The molecule has 1 aromatic rings. The van der Waals surface area contributed by atoms with Crippen LogP contribution in [-0.2, 0) is 10.2 Å². The first kappa shape index (κ1) is 18.8. The van der Waals surface area contributed by atoms with Gasteiger partial charge < -0.3 is 5.32 Å². The van der Waals surface area contributed by atoms with Gasteiger partial charge in [0.05, 0.1) is 4.88 Å². The van der Waals surface area contributed by atoms with Crippen molar-refractivity contribution in [1.29, 1.82) is 0 Å². The Hall–Kier alpha value is -0.960. The van der Waals surface area contributed by atoms with Gasteiger partial charge in [-0.3, -0.25) is 4.79 Å². The molecule has 0 saturated carbocycles. The van der Waals surface area contributed by atoms with Gasteiger partial charge >= 0.3 is 0 Å². The molecule has 0 aromatic carbocycles. The van der Waals surface area contributed by atoms with Crippen molar-refractivity contribution in [2.75, 3.05) is 26.2 Å². The van der Waals surface area contributed by atoms with Crippen LogP contribution in [0.15, 0.2) is 12.1 Å². The zero-order chi connectivity index (χ0) is 18.0. The quantitative estimate of drug-likeness (QED) is 0.864. The summed E-state index contributed by atoms with van der Waals surface area (Å²) in [6.45, 7) is 6.35. The predicted octanol–water partition coefficient (Wildman–Crippen LogP) is 2.23. The molecule has 2 aliphatic heterocycles. The number of nitrogens with zero attached hydrogens (tertiary/aromatic N) is 2. The molecular formula is C17H27N3O3S2. The monoisotopic (exact) mass is 385 g/mol. The van der Waals surface area contributed by atoms with Gasteiger partial charge in [0.25, 0.3) is 16.1 Å². The van der Waals surface area contributed by atoms with E-state index in [-0.39, 0.29) is 11.9 Å². The number of hydrogen-bond acceptors (Lipinski definition) is 4. The molecule has 0 atom stereocenters. The smallest absolute Gasteiger partial charge is 0.281 e. The van der Waals surface area contributed by atoms with Crippen molar-refractivity contribution in [3.63, 3.8) is 0 Å². The average molecular weight is 386 g/mol. The van der Waals surface area contributed by atoms with Crippen LogP contribution in [0, 0.1) is 12.8 Å². The minimum Gasteiger partial charge on any atom is -0.349 e. The molecule has 6 nitrogen and oxygen atoms in total. The molecule has 140 valence electrons. The van der Waals surface area contributed by atoms with E-state index in [4.69, 9.17) is 0 Å². The maximum absolute atomic E-state index is 12.8. The van der Waals surface area contributed by atoms with Crippen LogP contribution >= 0.6 is 11.3 Å². The molecular weight excluding hydrogens is 358 g/mol. The van der Waals surface area contributed by atoms with Crippen LogP contribution in [0.3, 0.4) is 0 Å². The third-order valence-corrected chi connectivity index (χ3v) is 8.18. The highest BCUT2D eigenvalue weighted by Crippen LogP contribution is 2.23. The number of rotatable bonds is 4. The van der Waals surface area contributed by atoms with Crippen molar-refractivity contribution >= 4 is 27.5 Å². The number of amides is 1. The van der Waals surface area contributed by atoms with E-state index in [1.54, 1.807) is 8.61 Å². The lowest BCUT2D eigenvalue weighted by Crippen LogP contribution is -2.52. The van der Waals surface area contributed by atoms with Crippen molar-refractivity contribution in [2.24, 2.45) is 5.92 Å². The largest absolute Gasteiger partial charge is 0.349 e. The lowest BCUT2D eigenvalue weighted by molar-refractivity contribution is 0.0927. The van der Waals surface area contributed by atoms with Crippen LogP contribution in [0.5, 0.6) is 0 Å². The maximum atomic E-state index is 12.8. The molecule has 2 saturated heterocycles. The number of thiophene rings is 1. The number of piperidine rings is 2. The van der Waals surface area contributed by atoms with E-state index >= 15 is 0 Å². The summed E-state index contributed by atoms with van der Waals surface area (Å²) in [5.41, 5.74) is 0. The summed E-state index contributed by atoms with van der Waals surface area (Å²) in [6.07, 6.45) is 3.21. The van der Waals surface area contributed by atoms with Gasteiger partial charge in [-0.1, -0.05) is 6.92 Å². The molecule has 3 heterocycles. The second-order valence-electron chi connectivity index (χ2n) is 7.15. The first-order valence-electron chi connectivity index (χ1n) is 8.99. The highest BCUT2D eigenvalue weighted by Gasteiger charge is 2.34. The zero-order valence-corrected chi connectivity index (χ0v) is 16.5. The Kier molecular flexibility index (Phi) is 5.82. The molecule has 1 N–H and O–H groups in total. The minimum absolute atomic E-state index is 0.0442. The van der Waals surface area contributed by atoms with Crippen molar-refractivity contribution in [3.05, 3.63) is 21.9 Å². The highest BCUT2D eigenvalue weighted by atomic mass is 32.2. The molecule has 25 heavy (non-hydrogen) atoms. The van der Waals surface area contributed by atoms with Gasteiger partial charge in [-0.25, -0.2) is 0 Å². The predicted molar refractivity (Wildman–Crippen MR) is 100 cm³/mol. The van der Waals surface area contributed by atoms with E-state index in [1.807, 2.05) is 19.1 Å². The molecule has 0 spiro atoms. The highest BCUT2D eigenvalue weighted by molar-refractivity contribution is 7.86. The van der Waals surface area contributed by atoms with Crippen molar-refractivity contribution in [1.82, 2.24) is 13.9 Å². The first-order chi connectivity index (χ1) is 11.9. The van der Waals surface area contributed by atoms with Gasteiger partial charge in [0.2, 0.25) is 0 Å². The molecule has 0 radical (unpaired) electrons. The fourth-order valence-electron chi connectivity index (χ4n) is 3.42. The minimum atomic E-state index is -3.35. The van der Waals surface area contributed by atoms with Gasteiger partial charge in [0.1, 0.15) is 0 Å². The second kappa shape index (κ2) is 7.73. The van der Waals surface area contributed by atoms with E-state index in [2.05, 4.69) is 12.2 Å². The molecule has 3 rings (SSSR count). The van der Waals surface area contributed by atoms with Gasteiger partial charge in [0.15, 0.2) is 0 Å². The Morgan fingerprint density at radius 2 is 1.64 bits per heavy atom. The van der Waals surface area contributed by atoms with Crippen LogP contribution in [0.1, 0.15) is 47.2 Å². The second-order valence-corrected chi connectivity index (χ2v) is 10.4. The third-order valence-electron chi connectivity index (χ3n) is 5.15. The van der Waals surface area contributed by atoms with Crippen molar-refractivity contribution in [3.8, 4) is 0 Å². The van der Waals surface area contributed by atoms with E-state index in [1.165, 1.54) is 11.3 Å². The fourth-order valence-corrected chi connectivity index (χ4v) is 5.86. The standard InChI is InChI=1S/C17H27N3O3S2/c1-13-5-9-19(10-6-13)25(22,23)20-11-7-15(8-12-20)18-17(21)16-4-3-14(2)24-16/h3-4,13,15H,5-12H2,1-2H3,(H,18,21). The number of aryl methyl sites for hydroxylation is 1. The number of hydrogen-bond donors (Lipinski definition) is 1. The zero-order valence-electron chi connectivity index (χ0n) is 14.9. The molecule has 1 amide bonds. The number of nitrogens with one attached hydrogen (secondary N) is 1. The number of carbonyl (C=O) groups excluding carboxylic acids is 1. The molecule has 2 aliphatic rings. The normalized spacial score (nSPS) is 22.2. The van der Waals surface area contributed by atoms with E-state index in [0.717, 1.165) is 22.6 Å². The van der Waals surface area contributed by atoms with Crippen LogP contribution < -0.4 is 5.32 Å². The summed E-state index contributed by atoms with van der Waals surface area (Å²) < 4.78 is 28.7. The summed E-state index contributed by atoms with van der Waals surface area (Å²) in [5.74, 6) is 0.553. The SMILES string of the molecule is Cc1ccc(C(=O)NC2CCN(S(=O)(=O)N3CCC(C)CC3)CC2)s1. The van der Waals surface area contributed by atoms with E-state index < -0.39 is 10.2 Å². The molecule has 0 bridgehead atoms. The van der Waals surface area contributed by atoms with Crippen molar-refractivity contribution < 1.29 is 13.2 Å². The van der Waals surface area contributed by atoms with Crippen LogP contribution in [0.25, 0.3) is 0 Å². The Labute approximate surface area is 154 Å². The van der Waals surface area contributed by atoms with E-state index in [0.29, 0.717) is 44.9 Å². The van der Waals surface area contributed by atoms with Crippen LogP contribution in [-0.4, -0.2) is 55.2 Å². The van der Waals surface area contributed by atoms with E-state index in [9.17, 15) is 13.2 Å². The summed E-state index contributed by atoms with van der Waals surface area (Å²) in [6, 6.07) is 3.82.